The predicted octanol–water partition coefficient (Wildman–Crippen LogP) is 1.34. The fourth-order valence-corrected chi connectivity index (χ4v) is 2.72. The minimum atomic E-state index is -0.966. The van der Waals surface area contributed by atoms with Crippen LogP contribution in [0.15, 0.2) is 6.07 Å². The number of halogens is 1. The Morgan fingerprint density at radius 3 is 2.90 bits per heavy atom. The van der Waals surface area contributed by atoms with Crippen molar-refractivity contribution in [2.24, 2.45) is 0 Å². The van der Waals surface area contributed by atoms with Crippen LogP contribution in [0.5, 0.6) is 0 Å². The molecule has 112 valence electrons. The molecule has 2 aromatic heterocycles. The minimum Gasteiger partial charge on any atom is -0.383 e. The summed E-state index contributed by atoms with van der Waals surface area (Å²) >= 11 is 0. The van der Waals surface area contributed by atoms with Crippen LogP contribution >= 0.6 is 0 Å². The SMILES string of the molecule is Cc1cc(C)c2c(N)nc(NC3CCNCC3F)nc2n1. The summed E-state index contributed by atoms with van der Waals surface area (Å²) in [5, 5.41) is 6.82. The first-order chi connectivity index (χ1) is 10.0. The van der Waals surface area contributed by atoms with E-state index < -0.39 is 6.17 Å². The third-order valence-corrected chi connectivity index (χ3v) is 3.74. The fraction of sp³-hybridized carbons (Fsp3) is 0.500. The number of fused-ring (bicyclic) bond motifs is 1. The number of aromatic nitrogens is 3. The molecule has 2 atom stereocenters. The van der Waals surface area contributed by atoms with Crippen molar-refractivity contribution < 1.29 is 4.39 Å². The number of piperidine rings is 1. The molecule has 6 nitrogen and oxygen atoms in total. The van der Waals surface area contributed by atoms with E-state index in [0.717, 1.165) is 23.2 Å². The highest BCUT2D eigenvalue weighted by molar-refractivity contribution is 5.89. The third-order valence-electron chi connectivity index (χ3n) is 3.74. The Balaban J connectivity index is 1.96. The van der Waals surface area contributed by atoms with Crippen molar-refractivity contribution in [1.29, 1.82) is 0 Å². The number of alkyl halides is 1. The number of aryl methyl sites for hydroxylation is 2. The first-order valence-electron chi connectivity index (χ1n) is 7.07. The zero-order valence-corrected chi connectivity index (χ0v) is 12.2. The van der Waals surface area contributed by atoms with Crippen molar-refractivity contribution in [3.05, 3.63) is 17.3 Å². The van der Waals surface area contributed by atoms with Crippen LogP contribution in [0, 0.1) is 13.8 Å². The van der Waals surface area contributed by atoms with Gasteiger partial charge in [0.05, 0.1) is 11.4 Å². The lowest BCUT2D eigenvalue weighted by Crippen LogP contribution is -2.45. The third kappa shape index (κ3) is 2.73. The number of hydrogen-bond donors (Lipinski definition) is 3. The second-order valence-electron chi connectivity index (χ2n) is 5.47. The molecule has 21 heavy (non-hydrogen) atoms. The zero-order valence-electron chi connectivity index (χ0n) is 12.2. The van der Waals surface area contributed by atoms with Crippen molar-refractivity contribution in [2.75, 3.05) is 24.1 Å². The number of rotatable bonds is 2. The number of anilines is 2. The van der Waals surface area contributed by atoms with E-state index in [1.807, 2.05) is 19.9 Å². The maximum atomic E-state index is 13.8. The molecule has 4 N–H and O–H groups in total. The number of nitrogens with zero attached hydrogens (tertiary/aromatic N) is 3. The lowest BCUT2D eigenvalue weighted by Gasteiger charge is -2.27. The number of nitrogen functional groups attached to an aromatic ring is 1. The summed E-state index contributed by atoms with van der Waals surface area (Å²) < 4.78 is 13.8. The highest BCUT2D eigenvalue weighted by Gasteiger charge is 2.25. The number of pyridine rings is 1. The average molecular weight is 290 g/mol. The maximum Gasteiger partial charge on any atom is 0.227 e. The van der Waals surface area contributed by atoms with Gasteiger partial charge in [0.15, 0.2) is 5.65 Å². The van der Waals surface area contributed by atoms with Crippen LogP contribution in [0.2, 0.25) is 0 Å². The Bertz CT molecular complexity index is 674. The molecule has 0 saturated carbocycles. The molecule has 7 heteroatoms. The molecule has 1 fully saturated rings. The Kier molecular flexibility index (Phi) is 3.59. The van der Waals surface area contributed by atoms with Crippen molar-refractivity contribution >= 4 is 22.8 Å². The van der Waals surface area contributed by atoms with E-state index in [9.17, 15) is 4.39 Å². The van der Waals surface area contributed by atoms with Gasteiger partial charge in [0.2, 0.25) is 5.95 Å². The molecule has 1 aliphatic rings. The molecule has 0 aliphatic carbocycles. The van der Waals surface area contributed by atoms with Gasteiger partial charge in [0, 0.05) is 12.2 Å². The van der Waals surface area contributed by atoms with Gasteiger partial charge < -0.3 is 16.4 Å². The summed E-state index contributed by atoms with van der Waals surface area (Å²) in [6.45, 7) is 4.98. The summed E-state index contributed by atoms with van der Waals surface area (Å²) in [5.41, 5.74) is 8.42. The molecule has 0 aromatic carbocycles. The summed E-state index contributed by atoms with van der Waals surface area (Å²) in [4.78, 5) is 13.0. The predicted molar refractivity (Wildman–Crippen MR) is 81.0 cm³/mol. The highest BCUT2D eigenvalue weighted by atomic mass is 19.1. The minimum absolute atomic E-state index is 0.297. The standard InChI is InChI=1S/C14H19FN6/c1-7-5-8(2)18-13-11(7)12(16)20-14(21-13)19-10-3-4-17-6-9(10)15/h5,9-10,17H,3-4,6H2,1-2H3,(H3,16,18,19,20,21). The molecule has 2 aromatic rings. The van der Waals surface area contributed by atoms with E-state index >= 15 is 0 Å². The van der Waals surface area contributed by atoms with Gasteiger partial charge in [-0.1, -0.05) is 0 Å². The molecular formula is C14H19FN6. The van der Waals surface area contributed by atoms with E-state index in [1.165, 1.54) is 0 Å². The van der Waals surface area contributed by atoms with Crippen LogP contribution in [0.4, 0.5) is 16.2 Å². The van der Waals surface area contributed by atoms with Gasteiger partial charge in [-0.2, -0.15) is 9.97 Å². The average Bonchev–Trinajstić information content (AvgIpc) is 2.40. The van der Waals surface area contributed by atoms with Gasteiger partial charge in [-0.05, 0) is 38.4 Å². The molecule has 0 spiro atoms. The van der Waals surface area contributed by atoms with Gasteiger partial charge in [-0.25, -0.2) is 9.37 Å². The smallest absolute Gasteiger partial charge is 0.227 e. The largest absolute Gasteiger partial charge is 0.383 e. The normalized spacial score (nSPS) is 22.4. The van der Waals surface area contributed by atoms with Crippen molar-refractivity contribution in [1.82, 2.24) is 20.3 Å². The second-order valence-corrected chi connectivity index (χ2v) is 5.47. The van der Waals surface area contributed by atoms with Crippen LogP contribution in [0.25, 0.3) is 11.0 Å². The van der Waals surface area contributed by atoms with E-state index in [2.05, 4.69) is 25.6 Å². The Morgan fingerprint density at radius 1 is 1.33 bits per heavy atom. The van der Waals surface area contributed by atoms with E-state index in [0.29, 0.717) is 30.4 Å². The zero-order chi connectivity index (χ0) is 15.0. The molecule has 3 rings (SSSR count). The van der Waals surface area contributed by atoms with Crippen LogP contribution in [0.3, 0.4) is 0 Å². The Hall–Kier alpha value is -2.02. The van der Waals surface area contributed by atoms with Gasteiger partial charge in [-0.3, -0.25) is 0 Å². The number of nitrogens with two attached hydrogens (primary N) is 1. The van der Waals surface area contributed by atoms with Gasteiger partial charge >= 0.3 is 0 Å². The van der Waals surface area contributed by atoms with Crippen LogP contribution in [-0.4, -0.2) is 40.3 Å². The van der Waals surface area contributed by atoms with Crippen molar-refractivity contribution in [3.63, 3.8) is 0 Å². The first kappa shape index (κ1) is 13.9. The topological polar surface area (TPSA) is 88.8 Å². The summed E-state index contributed by atoms with van der Waals surface area (Å²) in [6, 6.07) is 1.65. The second kappa shape index (κ2) is 5.40. The summed E-state index contributed by atoms with van der Waals surface area (Å²) in [6.07, 6.45) is -0.283. The van der Waals surface area contributed by atoms with E-state index in [4.69, 9.17) is 5.73 Å². The lowest BCUT2D eigenvalue weighted by molar-refractivity contribution is 0.244. The van der Waals surface area contributed by atoms with Crippen molar-refractivity contribution in [3.8, 4) is 0 Å². The molecule has 0 bridgehead atoms. The fourth-order valence-electron chi connectivity index (χ4n) is 2.72. The quantitative estimate of drug-likeness (QED) is 0.773. The molecule has 0 amide bonds. The summed E-state index contributed by atoms with van der Waals surface area (Å²) in [7, 11) is 0. The molecule has 1 aliphatic heterocycles. The molecule has 0 radical (unpaired) electrons. The van der Waals surface area contributed by atoms with Crippen LogP contribution < -0.4 is 16.4 Å². The van der Waals surface area contributed by atoms with E-state index in [1.54, 1.807) is 0 Å². The molecule has 2 unspecified atom stereocenters. The Morgan fingerprint density at radius 2 is 2.14 bits per heavy atom. The maximum absolute atomic E-state index is 13.8. The first-order valence-corrected chi connectivity index (χ1v) is 7.07. The van der Waals surface area contributed by atoms with Crippen LogP contribution in [0.1, 0.15) is 17.7 Å². The van der Waals surface area contributed by atoms with Gasteiger partial charge in [0.25, 0.3) is 0 Å². The molecular weight excluding hydrogens is 271 g/mol. The molecule has 1 saturated heterocycles. The van der Waals surface area contributed by atoms with Crippen molar-refractivity contribution in [2.45, 2.75) is 32.5 Å². The highest BCUT2D eigenvalue weighted by Crippen LogP contribution is 2.23. The number of hydrogen-bond acceptors (Lipinski definition) is 6. The van der Waals surface area contributed by atoms with Crippen LogP contribution in [-0.2, 0) is 0 Å². The van der Waals surface area contributed by atoms with Gasteiger partial charge in [0.1, 0.15) is 12.0 Å². The monoisotopic (exact) mass is 290 g/mol. The number of nitrogens with one attached hydrogen (secondary N) is 2. The summed E-state index contributed by atoms with van der Waals surface area (Å²) in [5.74, 6) is 0.712. The Labute approximate surface area is 122 Å². The lowest BCUT2D eigenvalue weighted by atomic mass is 10.1. The molecule has 3 heterocycles. The van der Waals surface area contributed by atoms with Gasteiger partial charge in [-0.15, -0.1) is 0 Å². The van der Waals surface area contributed by atoms with E-state index in [-0.39, 0.29) is 6.04 Å².